The lowest BCUT2D eigenvalue weighted by Crippen LogP contribution is -2.30. The third kappa shape index (κ3) is 4.19. The number of carbonyl (C=O) groups excluding carboxylic acids is 2. The number of pyridine rings is 1. The van der Waals surface area contributed by atoms with Crippen molar-refractivity contribution >= 4 is 23.3 Å². The second-order valence-electron chi connectivity index (χ2n) is 8.21. The van der Waals surface area contributed by atoms with Crippen LogP contribution in [0.2, 0.25) is 0 Å². The number of carbonyl (C=O) groups is 2. The van der Waals surface area contributed by atoms with Gasteiger partial charge >= 0.3 is 0 Å². The van der Waals surface area contributed by atoms with Crippen molar-refractivity contribution in [3.8, 4) is 0 Å². The molecule has 2 amide bonds. The number of para-hydroxylation sites is 1. The molecule has 0 aliphatic carbocycles. The van der Waals surface area contributed by atoms with Crippen molar-refractivity contribution in [1.82, 2.24) is 4.98 Å². The van der Waals surface area contributed by atoms with Gasteiger partial charge in [-0.25, -0.2) is 4.98 Å². The molecule has 34 heavy (non-hydrogen) atoms. The van der Waals surface area contributed by atoms with Gasteiger partial charge in [0.2, 0.25) is 0 Å². The van der Waals surface area contributed by atoms with E-state index < -0.39 is 0 Å². The zero-order valence-corrected chi connectivity index (χ0v) is 18.6. The van der Waals surface area contributed by atoms with Gasteiger partial charge < -0.3 is 16.0 Å². The smallest absolute Gasteiger partial charge is 0.260 e. The number of aromatic nitrogens is 1. The van der Waals surface area contributed by atoms with Gasteiger partial charge in [-0.15, -0.1) is 0 Å². The Kier molecular flexibility index (Phi) is 5.89. The first kappa shape index (κ1) is 21.6. The van der Waals surface area contributed by atoms with Crippen LogP contribution in [0, 0.1) is 0 Å². The average Bonchev–Trinajstić information content (AvgIpc) is 3.05. The van der Waals surface area contributed by atoms with Crippen molar-refractivity contribution < 1.29 is 9.59 Å². The summed E-state index contributed by atoms with van der Waals surface area (Å²) in [6.07, 6.45) is 2.29. The topological polar surface area (TPSA) is 88.3 Å². The Morgan fingerprint density at radius 3 is 2.32 bits per heavy atom. The molecule has 0 bridgehead atoms. The van der Waals surface area contributed by atoms with Crippen LogP contribution in [0.25, 0.3) is 0 Å². The molecule has 1 aliphatic heterocycles. The Hall–Kier alpha value is -4.29. The van der Waals surface area contributed by atoms with Crippen LogP contribution in [0.3, 0.4) is 0 Å². The monoisotopic (exact) mass is 448 g/mol. The van der Waals surface area contributed by atoms with E-state index in [1.54, 1.807) is 29.2 Å². The van der Waals surface area contributed by atoms with Gasteiger partial charge in [0.25, 0.3) is 11.8 Å². The molecule has 0 radical (unpaired) electrons. The van der Waals surface area contributed by atoms with Crippen LogP contribution in [0.5, 0.6) is 0 Å². The molecule has 0 saturated heterocycles. The molecule has 6 nitrogen and oxygen atoms in total. The molecular formula is C28H24N4O2. The van der Waals surface area contributed by atoms with Gasteiger partial charge in [-0.1, -0.05) is 60.7 Å². The van der Waals surface area contributed by atoms with Crippen LogP contribution in [0.4, 0.5) is 11.5 Å². The van der Waals surface area contributed by atoms with Crippen LogP contribution in [-0.4, -0.2) is 16.8 Å². The van der Waals surface area contributed by atoms with Gasteiger partial charge in [-0.3, -0.25) is 9.59 Å². The Bertz CT molecular complexity index is 1360. The second-order valence-corrected chi connectivity index (χ2v) is 8.21. The first-order valence-corrected chi connectivity index (χ1v) is 11.2. The highest BCUT2D eigenvalue weighted by Crippen LogP contribution is 2.31. The molecule has 0 atom stereocenters. The Balaban J connectivity index is 1.39. The van der Waals surface area contributed by atoms with Crippen LogP contribution in [0.1, 0.15) is 43.0 Å². The molecule has 1 aromatic heterocycles. The van der Waals surface area contributed by atoms with E-state index in [0.717, 1.165) is 28.8 Å². The van der Waals surface area contributed by atoms with Crippen LogP contribution in [-0.2, 0) is 19.5 Å². The van der Waals surface area contributed by atoms with Crippen LogP contribution in [0.15, 0.2) is 91.1 Å². The quantitative estimate of drug-likeness (QED) is 0.480. The number of hydrogen-bond donors (Lipinski definition) is 2. The molecule has 168 valence electrons. The zero-order valence-electron chi connectivity index (χ0n) is 18.6. The molecule has 1 aliphatic rings. The predicted molar refractivity (Wildman–Crippen MR) is 133 cm³/mol. The molecule has 0 spiro atoms. The van der Waals surface area contributed by atoms with E-state index in [9.17, 15) is 9.59 Å². The number of rotatable bonds is 4. The van der Waals surface area contributed by atoms with Gasteiger partial charge in [0.15, 0.2) is 0 Å². The van der Waals surface area contributed by atoms with Crippen molar-refractivity contribution in [3.05, 3.63) is 125 Å². The Morgan fingerprint density at radius 1 is 0.853 bits per heavy atom. The zero-order chi connectivity index (χ0) is 23.5. The molecule has 0 saturated carbocycles. The summed E-state index contributed by atoms with van der Waals surface area (Å²) in [5, 5.41) is 2.79. The third-order valence-corrected chi connectivity index (χ3v) is 6.09. The molecule has 3 N–H and O–H groups in total. The number of nitrogens with one attached hydrogen (secondary N) is 1. The summed E-state index contributed by atoms with van der Waals surface area (Å²) in [6, 6.07) is 26.7. The van der Waals surface area contributed by atoms with E-state index in [0.29, 0.717) is 23.5 Å². The maximum absolute atomic E-state index is 13.5. The molecule has 0 unspecified atom stereocenters. The maximum atomic E-state index is 13.5. The van der Waals surface area contributed by atoms with Gasteiger partial charge in [0.05, 0.1) is 12.1 Å². The highest BCUT2D eigenvalue weighted by Gasteiger charge is 2.25. The minimum Gasteiger partial charge on any atom is -0.326 e. The standard InChI is InChI=1S/C28H24N4O2/c29-16-21-9-3-5-11-24(21)27(33)31-26-14-13-22(17-30-26)28(34)32-18-23-10-2-1-7-19(23)15-20-8-4-6-12-25(20)32/h1-14,17H,15-16,18,29H2,(H,30,31,33). The largest absolute Gasteiger partial charge is 0.326 e. The Morgan fingerprint density at radius 2 is 1.56 bits per heavy atom. The van der Waals surface area contributed by atoms with E-state index in [4.69, 9.17) is 5.73 Å². The lowest BCUT2D eigenvalue weighted by atomic mass is 10.0. The summed E-state index contributed by atoms with van der Waals surface area (Å²) in [5.41, 5.74) is 11.8. The average molecular weight is 449 g/mol. The molecular weight excluding hydrogens is 424 g/mol. The number of nitrogens with zero attached hydrogens (tertiary/aromatic N) is 2. The Labute approximate surface area is 198 Å². The first-order chi connectivity index (χ1) is 16.6. The van der Waals surface area contributed by atoms with E-state index in [1.807, 2.05) is 42.5 Å². The molecule has 5 rings (SSSR count). The van der Waals surface area contributed by atoms with Gasteiger partial charge in [-0.05, 0) is 52.9 Å². The van der Waals surface area contributed by atoms with Crippen molar-refractivity contribution in [2.45, 2.75) is 19.5 Å². The fraction of sp³-hybridized carbons (Fsp3) is 0.107. The number of amides is 2. The van der Waals surface area contributed by atoms with Gasteiger partial charge in [0.1, 0.15) is 5.82 Å². The normalized spacial score (nSPS) is 12.3. The van der Waals surface area contributed by atoms with Gasteiger partial charge in [-0.2, -0.15) is 0 Å². The molecule has 6 heteroatoms. The molecule has 4 aromatic rings. The number of hydrogen-bond acceptors (Lipinski definition) is 4. The van der Waals surface area contributed by atoms with E-state index in [2.05, 4.69) is 28.5 Å². The van der Waals surface area contributed by atoms with Crippen molar-refractivity contribution in [1.29, 1.82) is 0 Å². The fourth-order valence-corrected chi connectivity index (χ4v) is 4.30. The second kappa shape index (κ2) is 9.29. The highest BCUT2D eigenvalue weighted by molar-refractivity contribution is 6.07. The van der Waals surface area contributed by atoms with E-state index in [-0.39, 0.29) is 18.4 Å². The van der Waals surface area contributed by atoms with Crippen LogP contribution < -0.4 is 16.0 Å². The van der Waals surface area contributed by atoms with Crippen molar-refractivity contribution in [3.63, 3.8) is 0 Å². The summed E-state index contributed by atoms with van der Waals surface area (Å²) in [6.45, 7) is 0.755. The molecule has 0 fully saturated rings. The molecule has 3 aromatic carbocycles. The SMILES string of the molecule is NCc1ccccc1C(=O)Nc1ccc(C(=O)N2Cc3ccccc3Cc3ccccc32)cn1. The number of anilines is 2. The van der Waals surface area contributed by atoms with Gasteiger partial charge in [0, 0.05) is 24.0 Å². The minimum absolute atomic E-state index is 0.136. The predicted octanol–water partition coefficient (Wildman–Crippen LogP) is 4.54. The summed E-state index contributed by atoms with van der Waals surface area (Å²) in [4.78, 5) is 32.3. The fourth-order valence-electron chi connectivity index (χ4n) is 4.30. The summed E-state index contributed by atoms with van der Waals surface area (Å²) in [5.74, 6) is -0.0522. The highest BCUT2D eigenvalue weighted by atomic mass is 16.2. The minimum atomic E-state index is -0.286. The van der Waals surface area contributed by atoms with Crippen LogP contribution >= 0.6 is 0 Å². The maximum Gasteiger partial charge on any atom is 0.260 e. The number of nitrogens with two attached hydrogens (primary N) is 1. The number of fused-ring (bicyclic) bond motifs is 2. The first-order valence-electron chi connectivity index (χ1n) is 11.2. The summed E-state index contributed by atoms with van der Waals surface area (Å²) < 4.78 is 0. The van der Waals surface area contributed by atoms with Crippen molar-refractivity contribution in [2.24, 2.45) is 5.73 Å². The summed E-state index contributed by atoms with van der Waals surface area (Å²) in [7, 11) is 0. The van der Waals surface area contributed by atoms with Crippen molar-refractivity contribution in [2.75, 3.05) is 10.2 Å². The lowest BCUT2D eigenvalue weighted by Gasteiger charge is -2.23. The number of benzene rings is 3. The molecule has 2 heterocycles. The van der Waals surface area contributed by atoms with E-state index in [1.165, 1.54) is 11.8 Å². The lowest BCUT2D eigenvalue weighted by molar-refractivity contribution is 0.0983. The summed E-state index contributed by atoms with van der Waals surface area (Å²) >= 11 is 0. The van der Waals surface area contributed by atoms with E-state index >= 15 is 0 Å². The third-order valence-electron chi connectivity index (χ3n) is 6.09.